The number of rotatable bonds is 5. The number of nitrogens with zero attached hydrogens (tertiary/aromatic N) is 3. The first kappa shape index (κ1) is 19.8. The highest BCUT2D eigenvalue weighted by Crippen LogP contribution is 2.28. The van der Waals surface area contributed by atoms with E-state index >= 15 is 0 Å². The predicted molar refractivity (Wildman–Crippen MR) is 104 cm³/mol. The Morgan fingerprint density at radius 1 is 1.21 bits per heavy atom. The summed E-state index contributed by atoms with van der Waals surface area (Å²) in [5.41, 5.74) is 1.07. The lowest BCUT2D eigenvalue weighted by Gasteiger charge is -2.26. The summed E-state index contributed by atoms with van der Waals surface area (Å²) < 4.78 is 10.8. The number of hydrogen-bond donors (Lipinski definition) is 2. The van der Waals surface area contributed by atoms with E-state index in [1.165, 1.54) is 12.3 Å². The number of anilines is 2. The van der Waals surface area contributed by atoms with Gasteiger partial charge in [-0.15, -0.1) is 0 Å². The maximum atomic E-state index is 12.2. The van der Waals surface area contributed by atoms with Gasteiger partial charge in [0.1, 0.15) is 5.75 Å². The number of hydrogen-bond acceptors (Lipinski definition) is 6. The Kier molecular flexibility index (Phi) is 6.62. The Bertz CT molecular complexity index is 840. The summed E-state index contributed by atoms with van der Waals surface area (Å²) in [7, 11) is 0. The minimum atomic E-state index is -0.537. The second-order valence-electron chi connectivity index (χ2n) is 6.04. The van der Waals surface area contributed by atoms with Gasteiger partial charge >= 0.3 is 6.03 Å². The molecular formula is C18H20ClN5O4. The van der Waals surface area contributed by atoms with Crippen LogP contribution >= 0.6 is 11.6 Å². The first-order valence-corrected chi connectivity index (χ1v) is 9.03. The van der Waals surface area contributed by atoms with Gasteiger partial charge in [-0.25, -0.2) is 9.78 Å². The van der Waals surface area contributed by atoms with Crippen molar-refractivity contribution in [3.05, 3.63) is 41.3 Å². The number of carbonyl (C=O) groups is 2. The Hall–Kier alpha value is -2.91. The molecule has 0 spiro atoms. The molecule has 0 aliphatic carbocycles. The summed E-state index contributed by atoms with van der Waals surface area (Å²) in [6.07, 6.45) is 2.99. The van der Waals surface area contributed by atoms with Crippen LogP contribution in [0.2, 0.25) is 5.02 Å². The molecule has 1 aromatic carbocycles. The molecule has 0 saturated carbocycles. The van der Waals surface area contributed by atoms with Crippen LogP contribution in [-0.2, 0) is 9.53 Å². The fourth-order valence-electron chi connectivity index (χ4n) is 2.50. The number of carbonyl (C=O) groups excluding carboxylic acids is 2. The molecule has 1 fully saturated rings. The van der Waals surface area contributed by atoms with Crippen LogP contribution in [0.5, 0.6) is 5.75 Å². The van der Waals surface area contributed by atoms with E-state index in [1.54, 1.807) is 30.2 Å². The number of halogens is 1. The Morgan fingerprint density at radius 2 is 2.00 bits per heavy atom. The monoisotopic (exact) mass is 405 g/mol. The highest BCUT2D eigenvalue weighted by molar-refractivity contribution is 6.31. The molecule has 2 N–H and O–H groups in total. The van der Waals surface area contributed by atoms with Crippen LogP contribution in [0.25, 0.3) is 0 Å². The molecule has 3 rings (SSSR count). The second kappa shape index (κ2) is 9.34. The van der Waals surface area contributed by atoms with Crippen LogP contribution in [0.1, 0.15) is 5.69 Å². The number of nitrogens with one attached hydrogen (secondary N) is 2. The number of morpholine rings is 1. The van der Waals surface area contributed by atoms with Crippen LogP contribution in [-0.4, -0.2) is 59.7 Å². The van der Waals surface area contributed by atoms with Crippen molar-refractivity contribution in [1.29, 1.82) is 0 Å². The average Bonchev–Trinajstić information content (AvgIpc) is 2.69. The standard InChI is InChI=1S/C18H20ClN5O4/c1-12-9-21-16(10-20-12)23-18(26)22-14-8-13(19)2-3-15(14)28-11-17(25)24-4-6-27-7-5-24/h2-3,8-10H,4-7,11H2,1H3,(H2,21,22,23,26). The van der Waals surface area contributed by atoms with Gasteiger partial charge in [0.25, 0.3) is 5.91 Å². The molecular weight excluding hydrogens is 386 g/mol. The zero-order chi connectivity index (χ0) is 19.9. The summed E-state index contributed by atoms with van der Waals surface area (Å²) in [5, 5.41) is 5.63. The van der Waals surface area contributed by atoms with Gasteiger partial charge in [0, 0.05) is 18.1 Å². The topological polar surface area (TPSA) is 106 Å². The summed E-state index contributed by atoms with van der Waals surface area (Å²) in [5.74, 6) is 0.481. The van der Waals surface area contributed by atoms with E-state index < -0.39 is 6.03 Å². The maximum absolute atomic E-state index is 12.2. The summed E-state index contributed by atoms with van der Waals surface area (Å²) in [6.45, 7) is 3.75. The van der Waals surface area contributed by atoms with Gasteiger partial charge in [-0.05, 0) is 25.1 Å². The number of amides is 3. The maximum Gasteiger partial charge on any atom is 0.325 e. The molecule has 1 aliphatic rings. The fourth-order valence-corrected chi connectivity index (χ4v) is 2.67. The van der Waals surface area contributed by atoms with E-state index in [0.717, 1.165) is 5.69 Å². The second-order valence-corrected chi connectivity index (χ2v) is 6.48. The van der Waals surface area contributed by atoms with Gasteiger partial charge in [0.2, 0.25) is 0 Å². The highest BCUT2D eigenvalue weighted by Gasteiger charge is 2.18. The number of aromatic nitrogens is 2. The van der Waals surface area contributed by atoms with E-state index in [-0.39, 0.29) is 12.5 Å². The predicted octanol–water partition coefficient (Wildman–Crippen LogP) is 2.32. The van der Waals surface area contributed by atoms with Gasteiger partial charge in [-0.2, -0.15) is 0 Å². The molecule has 1 aromatic heterocycles. The molecule has 9 nitrogen and oxygen atoms in total. The van der Waals surface area contributed by atoms with Crippen molar-refractivity contribution in [2.75, 3.05) is 43.5 Å². The minimum Gasteiger partial charge on any atom is -0.482 e. The first-order chi connectivity index (χ1) is 13.5. The molecule has 148 valence electrons. The molecule has 3 amide bonds. The molecule has 1 saturated heterocycles. The van der Waals surface area contributed by atoms with Crippen LogP contribution in [0.3, 0.4) is 0 Å². The molecule has 2 aromatic rings. The molecule has 2 heterocycles. The summed E-state index contributed by atoms with van der Waals surface area (Å²) in [6, 6.07) is 4.21. The molecule has 28 heavy (non-hydrogen) atoms. The number of urea groups is 1. The number of aryl methyl sites for hydroxylation is 1. The zero-order valence-corrected chi connectivity index (χ0v) is 16.0. The Labute approximate surface area is 167 Å². The van der Waals surface area contributed by atoms with Crippen molar-refractivity contribution in [2.45, 2.75) is 6.92 Å². The van der Waals surface area contributed by atoms with Gasteiger partial charge in [-0.1, -0.05) is 11.6 Å². The number of benzene rings is 1. The first-order valence-electron chi connectivity index (χ1n) is 8.66. The molecule has 10 heteroatoms. The van der Waals surface area contributed by atoms with Gasteiger partial charge in [0.05, 0.1) is 37.0 Å². The van der Waals surface area contributed by atoms with Gasteiger partial charge in [-0.3, -0.25) is 15.1 Å². The normalized spacial score (nSPS) is 13.7. The van der Waals surface area contributed by atoms with Crippen molar-refractivity contribution >= 4 is 35.0 Å². The van der Waals surface area contributed by atoms with Crippen molar-refractivity contribution in [2.24, 2.45) is 0 Å². The van der Waals surface area contributed by atoms with Crippen LogP contribution < -0.4 is 15.4 Å². The largest absolute Gasteiger partial charge is 0.482 e. The third kappa shape index (κ3) is 5.54. The van der Waals surface area contributed by atoms with E-state index in [2.05, 4.69) is 20.6 Å². The van der Waals surface area contributed by atoms with Crippen LogP contribution in [0, 0.1) is 6.92 Å². The number of ether oxygens (including phenoxy) is 2. The minimum absolute atomic E-state index is 0.149. The Morgan fingerprint density at radius 3 is 2.71 bits per heavy atom. The van der Waals surface area contributed by atoms with E-state index in [0.29, 0.717) is 48.6 Å². The third-order valence-electron chi connectivity index (χ3n) is 3.93. The lowest BCUT2D eigenvalue weighted by molar-refractivity contribution is -0.137. The van der Waals surface area contributed by atoms with Crippen LogP contribution in [0.15, 0.2) is 30.6 Å². The van der Waals surface area contributed by atoms with Crippen molar-refractivity contribution < 1.29 is 19.1 Å². The average molecular weight is 406 g/mol. The summed E-state index contributed by atoms with van der Waals surface area (Å²) in [4.78, 5) is 34.3. The lowest BCUT2D eigenvalue weighted by Crippen LogP contribution is -2.43. The fraction of sp³-hybridized carbons (Fsp3) is 0.333. The van der Waals surface area contributed by atoms with E-state index in [1.807, 2.05) is 0 Å². The van der Waals surface area contributed by atoms with Crippen molar-refractivity contribution in [3.63, 3.8) is 0 Å². The van der Waals surface area contributed by atoms with Crippen molar-refractivity contribution in [1.82, 2.24) is 14.9 Å². The van der Waals surface area contributed by atoms with Crippen molar-refractivity contribution in [3.8, 4) is 5.75 Å². The molecule has 0 atom stereocenters. The quantitative estimate of drug-likeness (QED) is 0.790. The van der Waals surface area contributed by atoms with Crippen LogP contribution in [0.4, 0.5) is 16.3 Å². The van der Waals surface area contributed by atoms with Gasteiger partial charge in [0.15, 0.2) is 12.4 Å². The van der Waals surface area contributed by atoms with Gasteiger partial charge < -0.3 is 19.7 Å². The molecule has 1 aliphatic heterocycles. The SMILES string of the molecule is Cc1cnc(NC(=O)Nc2cc(Cl)ccc2OCC(=O)N2CCOCC2)cn1. The highest BCUT2D eigenvalue weighted by atomic mass is 35.5. The Balaban J connectivity index is 1.62. The molecule has 0 radical (unpaired) electrons. The van der Waals surface area contributed by atoms with E-state index in [4.69, 9.17) is 21.1 Å². The van der Waals surface area contributed by atoms with E-state index in [9.17, 15) is 9.59 Å². The zero-order valence-electron chi connectivity index (χ0n) is 15.3. The summed E-state index contributed by atoms with van der Waals surface area (Å²) >= 11 is 6.02. The lowest BCUT2D eigenvalue weighted by atomic mass is 10.3. The third-order valence-corrected chi connectivity index (χ3v) is 4.16. The molecule has 0 unspecified atom stereocenters. The molecule has 0 bridgehead atoms. The smallest absolute Gasteiger partial charge is 0.325 e.